The molecule has 5 heteroatoms. The van der Waals surface area contributed by atoms with Crippen molar-refractivity contribution in [2.24, 2.45) is 5.92 Å². The van der Waals surface area contributed by atoms with Gasteiger partial charge in [0.05, 0.1) is 16.6 Å². The van der Waals surface area contributed by atoms with Gasteiger partial charge >= 0.3 is 0 Å². The Morgan fingerprint density at radius 2 is 1.85 bits per heavy atom. The number of rotatable bonds is 4. The Labute approximate surface area is 151 Å². The van der Waals surface area contributed by atoms with Crippen LogP contribution in [0.5, 0.6) is 0 Å². The van der Waals surface area contributed by atoms with Crippen LogP contribution in [0.25, 0.3) is 16.6 Å². The van der Waals surface area contributed by atoms with Crippen molar-refractivity contribution >= 4 is 16.8 Å². The smallest absolute Gasteiger partial charge is 0.265 e. The summed E-state index contributed by atoms with van der Waals surface area (Å²) in [7, 11) is 1.86. The Bertz CT molecular complexity index is 1020. The maximum Gasteiger partial charge on any atom is 0.265 e. The number of carbonyl (C=O) groups is 1. The molecule has 1 unspecified atom stereocenters. The zero-order chi connectivity index (χ0) is 18.3. The molecule has 2 aromatic carbocycles. The summed E-state index contributed by atoms with van der Waals surface area (Å²) < 4.78 is 1.51. The molecule has 0 N–H and O–H groups in total. The van der Waals surface area contributed by atoms with Crippen molar-refractivity contribution in [1.82, 2.24) is 14.5 Å². The monoisotopic (exact) mass is 347 g/mol. The summed E-state index contributed by atoms with van der Waals surface area (Å²) in [5.41, 5.74) is 1.89. The molecule has 1 aliphatic rings. The third-order valence-corrected chi connectivity index (χ3v) is 5.29. The van der Waals surface area contributed by atoms with Crippen LogP contribution in [0.15, 0.2) is 59.7 Å². The summed E-state index contributed by atoms with van der Waals surface area (Å²) in [5, 5.41) is 0.577. The number of benzene rings is 2. The van der Waals surface area contributed by atoms with Gasteiger partial charge in [0, 0.05) is 18.7 Å². The Balaban J connectivity index is 1.63. The number of fused-ring (bicyclic) bond motifs is 1. The lowest BCUT2D eigenvalue weighted by atomic mass is 10.1. The molecule has 1 aromatic heterocycles. The summed E-state index contributed by atoms with van der Waals surface area (Å²) in [6.45, 7) is 2.10. The molecule has 1 atom stereocenters. The van der Waals surface area contributed by atoms with Crippen LogP contribution < -0.4 is 5.56 Å². The molecule has 0 saturated heterocycles. The van der Waals surface area contributed by atoms with Crippen molar-refractivity contribution in [2.75, 3.05) is 7.05 Å². The van der Waals surface area contributed by atoms with E-state index in [0.717, 1.165) is 0 Å². The molecule has 1 saturated carbocycles. The van der Waals surface area contributed by atoms with Gasteiger partial charge in [0.1, 0.15) is 6.33 Å². The van der Waals surface area contributed by atoms with E-state index in [1.54, 1.807) is 30.3 Å². The summed E-state index contributed by atoms with van der Waals surface area (Å²) in [6.07, 6.45) is 3.94. The molecular formula is C21H21N3O2. The van der Waals surface area contributed by atoms with Crippen LogP contribution >= 0.6 is 0 Å². The molecule has 1 amide bonds. The first-order valence-electron chi connectivity index (χ1n) is 8.90. The Kier molecular flexibility index (Phi) is 4.07. The van der Waals surface area contributed by atoms with Crippen LogP contribution in [-0.2, 0) is 0 Å². The van der Waals surface area contributed by atoms with Crippen LogP contribution in [0.2, 0.25) is 0 Å². The summed E-state index contributed by atoms with van der Waals surface area (Å²) in [4.78, 5) is 31.5. The summed E-state index contributed by atoms with van der Waals surface area (Å²) >= 11 is 0. The summed E-state index contributed by atoms with van der Waals surface area (Å²) in [6, 6.07) is 14.7. The van der Waals surface area contributed by atoms with E-state index in [4.69, 9.17) is 0 Å². The lowest BCUT2D eigenvalue weighted by molar-refractivity contribution is 0.0727. The molecule has 0 bridgehead atoms. The van der Waals surface area contributed by atoms with Crippen LogP contribution in [0.1, 0.15) is 30.1 Å². The molecule has 4 rings (SSSR count). The fourth-order valence-electron chi connectivity index (χ4n) is 3.30. The second-order valence-electron chi connectivity index (χ2n) is 6.98. The minimum atomic E-state index is -0.117. The zero-order valence-electron chi connectivity index (χ0n) is 14.9. The minimum absolute atomic E-state index is 0.0138. The highest BCUT2D eigenvalue weighted by Crippen LogP contribution is 2.35. The first-order chi connectivity index (χ1) is 12.6. The number of aromatic nitrogens is 2. The van der Waals surface area contributed by atoms with Crippen LogP contribution in [0, 0.1) is 5.92 Å². The highest BCUT2D eigenvalue weighted by Gasteiger charge is 2.32. The van der Waals surface area contributed by atoms with Crippen molar-refractivity contribution in [1.29, 1.82) is 0 Å². The maximum atomic E-state index is 12.7. The van der Waals surface area contributed by atoms with E-state index in [-0.39, 0.29) is 17.5 Å². The van der Waals surface area contributed by atoms with E-state index in [2.05, 4.69) is 11.9 Å². The molecule has 1 aliphatic carbocycles. The second-order valence-corrected chi connectivity index (χ2v) is 6.98. The summed E-state index contributed by atoms with van der Waals surface area (Å²) in [5.74, 6) is 0.644. The van der Waals surface area contributed by atoms with Gasteiger partial charge in [-0.05, 0) is 62.1 Å². The third kappa shape index (κ3) is 2.90. The Morgan fingerprint density at radius 1 is 1.15 bits per heavy atom. The van der Waals surface area contributed by atoms with E-state index in [0.29, 0.717) is 28.1 Å². The molecule has 26 heavy (non-hydrogen) atoms. The SMILES string of the molecule is CC(C1CC1)N(C)C(=O)c1ccc(-n2cnc3ccccc3c2=O)cc1. The number of nitrogens with zero attached hydrogens (tertiary/aromatic N) is 3. The second kappa shape index (κ2) is 6.41. The third-order valence-electron chi connectivity index (χ3n) is 5.29. The van der Waals surface area contributed by atoms with Crippen LogP contribution in [0.3, 0.4) is 0 Å². The fourth-order valence-corrected chi connectivity index (χ4v) is 3.30. The normalized spacial score (nSPS) is 15.0. The van der Waals surface area contributed by atoms with Gasteiger partial charge in [-0.25, -0.2) is 4.98 Å². The quantitative estimate of drug-likeness (QED) is 0.728. The van der Waals surface area contributed by atoms with E-state index in [9.17, 15) is 9.59 Å². The number of hydrogen-bond donors (Lipinski definition) is 0. The Morgan fingerprint density at radius 3 is 2.54 bits per heavy atom. The fraction of sp³-hybridized carbons (Fsp3) is 0.286. The molecule has 0 spiro atoms. The molecule has 1 heterocycles. The van der Waals surface area contributed by atoms with Crippen molar-refractivity contribution in [3.05, 3.63) is 70.8 Å². The predicted molar refractivity (Wildman–Crippen MR) is 102 cm³/mol. The predicted octanol–water partition coefficient (Wildman–Crippen LogP) is 3.26. The van der Waals surface area contributed by atoms with E-state index in [1.165, 1.54) is 23.7 Å². The van der Waals surface area contributed by atoms with Gasteiger partial charge in [-0.15, -0.1) is 0 Å². The van der Waals surface area contributed by atoms with Gasteiger partial charge < -0.3 is 4.90 Å². The van der Waals surface area contributed by atoms with Gasteiger partial charge in [-0.3, -0.25) is 14.2 Å². The first-order valence-corrected chi connectivity index (χ1v) is 8.90. The standard InChI is InChI=1S/C21H21N3O2/c1-14(15-7-8-15)23(2)20(25)16-9-11-17(12-10-16)24-13-22-19-6-4-3-5-18(19)21(24)26/h3-6,9-15H,7-8H2,1-2H3. The molecule has 5 nitrogen and oxygen atoms in total. The molecular weight excluding hydrogens is 326 g/mol. The lowest BCUT2D eigenvalue weighted by Crippen LogP contribution is -2.36. The van der Waals surface area contributed by atoms with Crippen molar-refractivity contribution in [3.8, 4) is 5.69 Å². The number of para-hydroxylation sites is 1. The molecule has 1 fully saturated rings. The topological polar surface area (TPSA) is 55.2 Å². The van der Waals surface area contributed by atoms with Gasteiger partial charge in [0.15, 0.2) is 0 Å². The minimum Gasteiger partial charge on any atom is -0.339 e. The maximum absolute atomic E-state index is 12.7. The van der Waals surface area contributed by atoms with E-state index >= 15 is 0 Å². The van der Waals surface area contributed by atoms with Gasteiger partial charge in [0.2, 0.25) is 0 Å². The zero-order valence-corrected chi connectivity index (χ0v) is 14.9. The van der Waals surface area contributed by atoms with Crippen molar-refractivity contribution in [3.63, 3.8) is 0 Å². The van der Waals surface area contributed by atoms with Gasteiger partial charge in [-0.2, -0.15) is 0 Å². The largest absolute Gasteiger partial charge is 0.339 e. The van der Waals surface area contributed by atoms with Crippen molar-refractivity contribution < 1.29 is 4.79 Å². The average molecular weight is 347 g/mol. The van der Waals surface area contributed by atoms with Gasteiger partial charge in [0.25, 0.3) is 11.5 Å². The number of hydrogen-bond acceptors (Lipinski definition) is 3. The Hall–Kier alpha value is -2.95. The molecule has 3 aromatic rings. The first kappa shape index (κ1) is 16.5. The van der Waals surface area contributed by atoms with E-state index < -0.39 is 0 Å². The average Bonchev–Trinajstić information content (AvgIpc) is 3.52. The number of carbonyl (C=O) groups excluding carboxylic acids is 1. The van der Waals surface area contributed by atoms with E-state index in [1.807, 2.05) is 30.1 Å². The molecule has 0 aliphatic heterocycles. The van der Waals surface area contributed by atoms with Crippen molar-refractivity contribution in [2.45, 2.75) is 25.8 Å². The van der Waals surface area contributed by atoms with Crippen LogP contribution in [0.4, 0.5) is 0 Å². The van der Waals surface area contributed by atoms with Gasteiger partial charge in [-0.1, -0.05) is 12.1 Å². The molecule has 0 radical (unpaired) electrons. The number of amides is 1. The van der Waals surface area contributed by atoms with Crippen LogP contribution in [-0.4, -0.2) is 33.4 Å². The molecule has 132 valence electrons. The lowest BCUT2D eigenvalue weighted by Gasteiger charge is -2.25. The highest BCUT2D eigenvalue weighted by atomic mass is 16.2. The highest BCUT2D eigenvalue weighted by molar-refractivity contribution is 5.94.